The number of aliphatic hydroxyl groups excluding tert-OH is 2. The van der Waals surface area contributed by atoms with Gasteiger partial charge in [-0.2, -0.15) is 25.3 Å². The molecule has 0 saturated heterocycles. The van der Waals surface area contributed by atoms with Gasteiger partial charge in [-0.25, -0.2) is 4.79 Å². The first-order valence-electron chi connectivity index (χ1n) is 23.5. The minimum absolute atomic E-state index is 0.0420. The molecule has 73 heavy (non-hydrogen) atoms. The molecule has 0 radical (unpaired) electrons. The number of aromatic hydroxyl groups is 1. The predicted molar refractivity (Wildman–Crippen MR) is 277 cm³/mol. The van der Waals surface area contributed by atoms with E-state index in [1.54, 1.807) is 54.7 Å². The van der Waals surface area contributed by atoms with Crippen molar-refractivity contribution in [3.63, 3.8) is 0 Å². The summed E-state index contributed by atoms with van der Waals surface area (Å²) in [7, 11) is 0. The molecule has 22 nitrogen and oxygen atoms in total. The molecule has 0 fully saturated rings. The Hall–Kier alpha value is -6.70. The SMILES string of the molecule is C[C@@H](O)[C@H](NC(=O)[C@H](CS)NC(=O)[C@@H](NC(=O)[C@H](CCCCN)NC(=O)[C@@H](Cc1c[nH]c2ccccc12)NC(=O)[C@H](Cc1ccc(O)cc1)NC(=O)[C@H](CS)NC(=O)[C@H](N)Cc1ccccc1)[C@@H](C)O)C(=O)O. The van der Waals surface area contributed by atoms with Gasteiger partial charge >= 0.3 is 5.97 Å². The molecule has 0 bridgehead atoms. The average molecular weight is 1050 g/mol. The van der Waals surface area contributed by atoms with E-state index in [1.165, 1.54) is 31.2 Å². The number of aliphatic carboxylic acids is 1. The second-order valence-corrected chi connectivity index (χ2v) is 18.2. The number of aromatic amines is 1. The summed E-state index contributed by atoms with van der Waals surface area (Å²) in [5.74, 6) is -8.38. The van der Waals surface area contributed by atoms with Gasteiger partial charge in [-0.05, 0) is 81.0 Å². The number of phenolic OH excluding ortho intramolecular Hbond substituents is 1. The van der Waals surface area contributed by atoms with Crippen LogP contribution in [0.15, 0.2) is 85.1 Å². The lowest BCUT2D eigenvalue weighted by molar-refractivity contribution is -0.145. The molecule has 0 aliphatic rings. The zero-order valence-corrected chi connectivity index (χ0v) is 42.1. The van der Waals surface area contributed by atoms with Crippen LogP contribution in [0.25, 0.3) is 10.9 Å². The lowest BCUT2D eigenvalue weighted by Crippen LogP contribution is -2.62. The quantitative estimate of drug-likeness (QED) is 0.0217. The topological polar surface area (TPSA) is 370 Å². The maximum atomic E-state index is 14.6. The van der Waals surface area contributed by atoms with E-state index in [0.717, 1.165) is 12.5 Å². The monoisotopic (exact) mass is 1050 g/mol. The summed E-state index contributed by atoms with van der Waals surface area (Å²) in [5, 5.41) is 58.2. The molecular weight excluding hydrogens is 985 g/mol. The molecule has 0 spiro atoms. The Morgan fingerprint density at radius 2 is 1.04 bits per heavy atom. The van der Waals surface area contributed by atoms with Gasteiger partial charge in [0.05, 0.1) is 18.2 Å². The molecule has 1 heterocycles. The zero-order chi connectivity index (χ0) is 53.8. The highest BCUT2D eigenvalue weighted by molar-refractivity contribution is 7.80. The molecule has 0 aliphatic heterocycles. The van der Waals surface area contributed by atoms with Gasteiger partial charge in [0, 0.05) is 41.4 Å². The second kappa shape index (κ2) is 29.1. The number of H-pyrrole nitrogens is 1. The molecule has 0 aliphatic carbocycles. The highest BCUT2D eigenvalue weighted by Gasteiger charge is 2.36. The Morgan fingerprint density at radius 1 is 0.562 bits per heavy atom. The number of carboxylic acid groups (broad SMARTS) is 1. The Bertz CT molecular complexity index is 2500. The van der Waals surface area contributed by atoms with Gasteiger partial charge < -0.3 is 74.1 Å². The number of carbonyl (C=O) groups is 8. The summed E-state index contributed by atoms with van der Waals surface area (Å²) in [6.45, 7) is 2.54. The minimum Gasteiger partial charge on any atom is -0.508 e. The number of carbonyl (C=O) groups excluding carboxylic acids is 7. The molecule has 16 N–H and O–H groups in total. The summed E-state index contributed by atoms with van der Waals surface area (Å²) in [6, 6.07) is 10.5. The van der Waals surface area contributed by atoms with Crippen molar-refractivity contribution in [2.24, 2.45) is 11.5 Å². The van der Waals surface area contributed by atoms with Crippen LogP contribution in [0.5, 0.6) is 5.75 Å². The molecule has 396 valence electrons. The number of benzene rings is 3. The van der Waals surface area contributed by atoms with Crippen LogP contribution in [0.1, 0.15) is 49.8 Å². The number of amides is 7. The molecule has 0 unspecified atom stereocenters. The summed E-state index contributed by atoms with van der Waals surface area (Å²) in [6.07, 6.45) is -0.943. The van der Waals surface area contributed by atoms with Gasteiger partial charge in [-0.15, -0.1) is 0 Å². The lowest BCUT2D eigenvalue weighted by Gasteiger charge is -2.28. The van der Waals surface area contributed by atoms with Crippen LogP contribution in [-0.2, 0) is 57.6 Å². The third kappa shape index (κ3) is 18.1. The van der Waals surface area contributed by atoms with Crippen molar-refractivity contribution in [1.29, 1.82) is 0 Å². The number of thiol groups is 2. The van der Waals surface area contributed by atoms with E-state index >= 15 is 0 Å². The Balaban J connectivity index is 1.62. The third-order valence-corrected chi connectivity index (χ3v) is 12.4. The molecule has 4 aromatic rings. The smallest absolute Gasteiger partial charge is 0.328 e. The van der Waals surface area contributed by atoms with E-state index in [1.807, 2.05) is 6.07 Å². The largest absolute Gasteiger partial charge is 0.508 e. The highest BCUT2D eigenvalue weighted by atomic mass is 32.1. The maximum Gasteiger partial charge on any atom is 0.328 e. The number of nitrogens with two attached hydrogens (primary N) is 2. The first kappa shape index (κ1) is 58.9. The number of unbranched alkanes of at least 4 members (excludes halogenated alkanes) is 1. The average Bonchev–Trinajstić information content (AvgIpc) is 3.77. The molecule has 10 atom stereocenters. The van der Waals surface area contributed by atoms with E-state index < -0.39 is 108 Å². The fourth-order valence-corrected chi connectivity index (χ4v) is 8.09. The van der Waals surface area contributed by atoms with Gasteiger partial charge in [0.2, 0.25) is 41.4 Å². The Labute approximate surface area is 432 Å². The number of aromatic nitrogens is 1. The number of rotatable bonds is 29. The van der Waals surface area contributed by atoms with Gasteiger partial charge in [0.1, 0.15) is 42.0 Å². The Morgan fingerprint density at radius 3 is 1.62 bits per heavy atom. The fraction of sp³-hybridized carbons (Fsp3) is 0.429. The molecule has 0 saturated carbocycles. The number of aliphatic hydroxyl groups is 2. The van der Waals surface area contributed by atoms with Crippen LogP contribution in [0.3, 0.4) is 0 Å². The zero-order valence-electron chi connectivity index (χ0n) is 40.3. The van der Waals surface area contributed by atoms with E-state index in [2.05, 4.69) is 67.5 Å². The van der Waals surface area contributed by atoms with E-state index in [9.17, 15) is 58.8 Å². The van der Waals surface area contributed by atoms with Crippen molar-refractivity contribution in [2.75, 3.05) is 18.1 Å². The molecular formula is C49H66N10O12S2. The summed E-state index contributed by atoms with van der Waals surface area (Å²) >= 11 is 8.38. The second-order valence-electron chi connectivity index (χ2n) is 17.5. The summed E-state index contributed by atoms with van der Waals surface area (Å²) in [4.78, 5) is 112. The molecule has 1 aromatic heterocycles. The van der Waals surface area contributed by atoms with Crippen molar-refractivity contribution in [3.05, 3.63) is 102 Å². The van der Waals surface area contributed by atoms with Gasteiger partial charge in [0.15, 0.2) is 6.04 Å². The molecule has 24 heteroatoms. The number of para-hydroxylation sites is 1. The van der Waals surface area contributed by atoms with Crippen molar-refractivity contribution >= 4 is 83.5 Å². The molecule has 3 aromatic carbocycles. The number of carboxylic acids is 1. The van der Waals surface area contributed by atoms with Gasteiger partial charge in [-0.3, -0.25) is 33.6 Å². The summed E-state index contributed by atoms with van der Waals surface area (Å²) in [5.41, 5.74) is 14.5. The Kier molecular flexibility index (Phi) is 23.5. The van der Waals surface area contributed by atoms with E-state index in [-0.39, 0.29) is 55.9 Å². The highest BCUT2D eigenvalue weighted by Crippen LogP contribution is 2.20. The predicted octanol–water partition coefficient (Wildman–Crippen LogP) is -1.54. The standard InChI is InChI=1S/C49H66N10O12S2/c1-26(60)40(48(69)57-39(25-73)47(68)59-41(27(2)61)49(70)71)58-43(64)35(14-8-9-19-50)53-45(66)37(22-30-23-52-34-13-7-6-12-32(30)34)55-44(65)36(21-29-15-17-31(62)18-16-29)54-46(67)38(24-72)56-42(63)33(51)20-28-10-4-3-5-11-28/h3-7,10-13,15-18,23,26-27,33,35-41,52,60-62,72-73H,8-9,14,19-22,24-25,50-51H2,1-2H3,(H,53,66)(H,54,67)(H,55,65)(H,56,63)(H,57,69)(H,58,64)(H,59,68)(H,70,71)/t26-,27-,33-,35+,36+,37-,38+,39+,40+,41+/m1/s1. The van der Waals surface area contributed by atoms with E-state index in [4.69, 9.17) is 11.5 Å². The number of hydrogen-bond donors (Lipinski definition) is 16. The first-order chi connectivity index (χ1) is 34.8. The van der Waals surface area contributed by atoms with Crippen LogP contribution in [0, 0.1) is 0 Å². The van der Waals surface area contributed by atoms with Crippen molar-refractivity contribution < 1.29 is 58.8 Å². The van der Waals surface area contributed by atoms with Crippen molar-refractivity contribution in [1.82, 2.24) is 42.2 Å². The van der Waals surface area contributed by atoms with Crippen LogP contribution in [0.4, 0.5) is 0 Å². The maximum absolute atomic E-state index is 14.6. The summed E-state index contributed by atoms with van der Waals surface area (Å²) < 4.78 is 0. The number of nitrogens with one attached hydrogen (secondary N) is 8. The van der Waals surface area contributed by atoms with Gasteiger partial charge in [0.25, 0.3) is 0 Å². The van der Waals surface area contributed by atoms with Crippen LogP contribution in [0.2, 0.25) is 0 Å². The number of phenols is 1. The number of fused-ring (bicyclic) bond motifs is 1. The third-order valence-electron chi connectivity index (χ3n) is 11.7. The van der Waals surface area contributed by atoms with Crippen LogP contribution in [-0.4, -0.2) is 151 Å². The van der Waals surface area contributed by atoms with Gasteiger partial charge in [-0.1, -0.05) is 60.7 Å². The number of hydrogen-bond acceptors (Lipinski definition) is 15. The van der Waals surface area contributed by atoms with Crippen LogP contribution < -0.4 is 48.7 Å². The van der Waals surface area contributed by atoms with Crippen LogP contribution >= 0.6 is 25.3 Å². The fourth-order valence-electron chi connectivity index (χ4n) is 7.58. The lowest BCUT2D eigenvalue weighted by atomic mass is 10.0. The molecule has 7 amide bonds. The molecule has 4 rings (SSSR count). The van der Waals surface area contributed by atoms with Crippen molar-refractivity contribution in [2.45, 2.75) is 113 Å². The van der Waals surface area contributed by atoms with Crippen molar-refractivity contribution in [3.8, 4) is 5.75 Å². The van der Waals surface area contributed by atoms with E-state index in [0.29, 0.717) is 28.5 Å². The normalized spacial score (nSPS) is 15.3. The first-order valence-corrected chi connectivity index (χ1v) is 24.8. The minimum atomic E-state index is -1.74.